The molecule has 108 valence electrons. The molecular weight excluding hydrogens is 252 g/mol. The molecule has 1 aromatic rings. The van der Waals surface area contributed by atoms with Gasteiger partial charge in [0.1, 0.15) is 6.04 Å². The second-order valence-electron chi connectivity index (χ2n) is 5.60. The highest BCUT2D eigenvalue weighted by atomic mass is 16.2. The van der Waals surface area contributed by atoms with Crippen LogP contribution in [0.4, 0.5) is 0 Å². The average Bonchev–Trinajstić information content (AvgIpc) is 2.34. The Hall–Kier alpha value is -1.84. The lowest BCUT2D eigenvalue weighted by Crippen LogP contribution is -2.57. The fourth-order valence-electron chi connectivity index (χ4n) is 2.77. The van der Waals surface area contributed by atoms with Crippen LogP contribution in [0.25, 0.3) is 0 Å². The number of carbonyl (C=O) groups is 2. The fourth-order valence-corrected chi connectivity index (χ4v) is 2.77. The van der Waals surface area contributed by atoms with E-state index in [0.717, 1.165) is 12.0 Å². The Kier molecular flexibility index (Phi) is 4.42. The van der Waals surface area contributed by atoms with Gasteiger partial charge in [0.25, 0.3) is 0 Å². The first-order chi connectivity index (χ1) is 9.49. The molecule has 1 aromatic carbocycles. The number of hydrogen-bond donors (Lipinski definition) is 1. The number of carbonyl (C=O) groups excluding carboxylic acids is 2. The highest BCUT2D eigenvalue weighted by Gasteiger charge is 2.31. The molecule has 2 rings (SSSR count). The van der Waals surface area contributed by atoms with Crippen molar-refractivity contribution in [3.8, 4) is 0 Å². The maximum Gasteiger partial charge on any atom is 0.245 e. The molecule has 0 aromatic heterocycles. The van der Waals surface area contributed by atoms with Gasteiger partial charge >= 0.3 is 0 Å². The smallest absolute Gasteiger partial charge is 0.245 e. The standard InChI is InChI=1S/C16H22N2O2/c1-4-5-14-16(20)18(10-15(19)17-14)9-13-7-11(2)6-12(3)8-13/h6-8,14H,4-5,9-10H2,1-3H3,(H,17,19). The summed E-state index contributed by atoms with van der Waals surface area (Å²) in [6.45, 7) is 6.77. The van der Waals surface area contributed by atoms with Crippen LogP contribution in [0.2, 0.25) is 0 Å². The third kappa shape index (κ3) is 3.38. The first-order valence-corrected chi connectivity index (χ1v) is 7.15. The second-order valence-corrected chi connectivity index (χ2v) is 5.60. The van der Waals surface area contributed by atoms with Crippen LogP contribution in [0.5, 0.6) is 0 Å². The minimum atomic E-state index is -0.354. The summed E-state index contributed by atoms with van der Waals surface area (Å²) < 4.78 is 0. The Morgan fingerprint density at radius 3 is 2.45 bits per heavy atom. The van der Waals surface area contributed by atoms with Crippen LogP contribution >= 0.6 is 0 Å². The van der Waals surface area contributed by atoms with Crippen molar-refractivity contribution in [1.82, 2.24) is 10.2 Å². The Balaban J connectivity index is 2.14. The Morgan fingerprint density at radius 1 is 1.20 bits per heavy atom. The molecule has 1 aliphatic heterocycles. The zero-order chi connectivity index (χ0) is 14.7. The van der Waals surface area contributed by atoms with Crippen molar-refractivity contribution in [2.45, 2.75) is 46.2 Å². The predicted octanol–water partition coefficient (Wildman–Crippen LogP) is 1.93. The molecule has 1 aliphatic rings. The topological polar surface area (TPSA) is 49.4 Å². The third-order valence-electron chi connectivity index (χ3n) is 3.51. The number of nitrogens with zero attached hydrogens (tertiary/aromatic N) is 1. The molecule has 1 fully saturated rings. The van der Waals surface area contributed by atoms with E-state index in [0.29, 0.717) is 13.0 Å². The van der Waals surface area contributed by atoms with E-state index in [1.165, 1.54) is 11.1 Å². The van der Waals surface area contributed by atoms with Crippen LogP contribution in [-0.2, 0) is 16.1 Å². The number of benzene rings is 1. The van der Waals surface area contributed by atoms with Gasteiger partial charge in [0.2, 0.25) is 11.8 Å². The Bertz CT molecular complexity index is 505. The Morgan fingerprint density at radius 2 is 1.85 bits per heavy atom. The van der Waals surface area contributed by atoms with Gasteiger partial charge in [-0.25, -0.2) is 0 Å². The van der Waals surface area contributed by atoms with Gasteiger partial charge in [-0.05, 0) is 25.8 Å². The summed E-state index contributed by atoms with van der Waals surface area (Å²) in [5, 5.41) is 2.78. The van der Waals surface area contributed by atoms with E-state index >= 15 is 0 Å². The van der Waals surface area contributed by atoms with Gasteiger partial charge in [-0.15, -0.1) is 0 Å². The van der Waals surface area contributed by atoms with Crippen LogP contribution in [0.3, 0.4) is 0 Å². The third-order valence-corrected chi connectivity index (χ3v) is 3.51. The van der Waals surface area contributed by atoms with Crippen molar-refractivity contribution in [2.24, 2.45) is 0 Å². The zero-order valence-electron chi connectivity index (χ0n) is 12.4. The van der Waals surface area contributed by atoms with Crippen LogP contribution in [-0.4, -0.2) is 29.3 Å². The van der Waals surface area contributed by atoms with E-state index in [4.69, 9.17) is 0 Å². The fraction of sp³-hybridized carbons (Fsp3) is 0.500. The summed E-state index contributed by atoms with van der Waals surface area (Å²) in [7, 11) is 0. The van der Waals surface area contributed by atoms with Crippen LogP contribution in [0.15, 0.2) is 18.2 Å². The lowest BCUT2D eigenvalue weighted by atomic mass is 10.0. The molecule has 0 bridgehead atoms. The molecule has 4 heteroatoms. The predicted molar refractivity (Wildman–Crippen MR) is 78.2 cm³/mol. The molecule has 20 heavy (non-hydrogen) atoms. The highest BCUT2D eigenvalue weighted by molar-refractivity contribution is 5.94. The molecule has 0 spiro atoms. The van der Waals surface area contributed by atoms with Gasteiger partial charge in [-0.3, -0.25) is 9.59 Å². The van der Waals surface area contributed by atoms with E-state index in [9.17, 15) is 9.59 Å². The highest BCUT2D eigenvalue weighted by Crippen LogP contribution is 2.15. The largest absolute Gasteiger partial charge is 0.343 e. The van der Waals surface area contributed by atoms with E-state index in [1.807, 2.05) is 20.8 Å². The first kappa shape index (κ1) is 14.6. The van der Waals surface area contributed by atoms with Crippen molar-refractivity contribution in [2.75, 3.05) is 6.54 Å². The number of aryl methyl sites for hydroxylation is 2. The number of hydrogen-bond acceptors (Lipinski definition) is 2. The van der Waals surface area contributed by atoms with Gasteiger partial charge in [-0.1, -0.05) is 42.7 Å². The van der Waals surface area contributed by atoms with Crippen LogP contribution in [0, 0.1) is 13.8 Å². The zero-order valence-corrected chi connectivity index (χ0v) is 12.4. The van der Waals surface area contributed by atoms with Gasteiger partial charge < -0.3 is 10.2 Å². The summed E-state index contributed by atoms with van der Waals surface area (Å²) >= 11 is 0. The van der Waals surface area contributed by atoms with Crippen LogP contribution in [0.1, 0.15) is 36.5 Å². The maximum atomic E-state index is 12.3. The molecular formula is C16H22N2O2. The summed E-state index contributed by atoms with van der Waals surface area (Å²) in [5.41, 5.74) is 3.44. The molecule has 1 N–H and O–H groups in total. The molecule has 1 atom stereocenters. The normalized spacial score (nSPS) is 19.1. The molecule has 4 nitrogen and oxygen atoms in total. The molecule has 0 saturated carbocycles. The number of piperazine rings is 1. The van der Waals surface area contributed by atoms with Crippen molar-refractivity contribution < 1.29 is 9.59 Å². The summed E-state index contributed by atoms with van der Waals surface area (Å²) in [6, 6.07) is 5.89. The molecule has 0 aliphatic carbocycles. The number of rotatable bonds is 4. The molecule has 1 unspecified atom stereocenters. The van der Waals surface area contributed by atoms with Gasteiger partial charge in [0.05, 0.1) is 6.54 Å². The number of amides is 2. The SMILES string of the molecule is CCCC1NC(=O)CN(Cc2cc(C)cc(C)c2)C1=O. The summed E-state index contributed by atoms with van der Waals surface area (Å²) in [6.07, 6.45) is 1.59. The van der Waals surface area contributed by atoms with E-state index in [2.05, 4.69) is 23.5 Å². The summed E-state index contributed by atoms with van der Waals surface area (Å²) in [4.78, 5) is 25.7. The van der Waals surface area contributed by atoms with Crippen molar-refractivity contribution >= 4 is 11.8 Å². The van der Waals surface area contributed by atoms with Gasteiger partial charge in [0.15, 0.2) is 0 Å². The van der Waals surface area contributed by atoms with Crippen LogP contribution < -0.4 is 5.32 Å². The van der Waals surface area contributed by atoms with Gasteiger partial charge in [-0.2, -0.15) is 0 Å². The molecule has 0 radical (unpaired) electrons. The minimum Gasteiger partial charge on any atom is -0.343 e. The van der Waals surface area contributed by atoms with Gasteiger partial charge in [0, 0.05) is 6.54 Å². The van der Waals surface area contributed by atoms with E-state index < -0.39 is 0 Å². The van der Waals surface area contributed by atoms with Crippen molar-refractivity contribution in [3.05, 3.63) is 34.9 Å². The lowest BCUT2D eigenvalue weighted by Gasteiger charge is -2.32. The molecule has 2 amide bonds. The molecule has 1 heterocycles. The van der Waals surface area contributed by atoms with E-state index in [1.54, 1.807) is 4.90 Å². The van der Waals surface area contributed by atoms with Crippen molar-refractivity contribution in [3.63, 3.8) is 0 Å². The average molecular weight is 274 g/mol. The first-order valence-electron chi connectivity index (χ1n) is 7.15. The monoisotopic (exact) mass is 274 g/mol. The van der Waals surface area contributed by atoms with E-state index in [-0.39, 0.29) is 24.4 Å². The lowest BCUT2D eigenvalue weighted by molar-refractivity contribution is -0.145. The quantitative estimate of drug-likeness (QED) is 0.912. The number of nitrogens with one attached hydrogen (secondary N) is 1. The molecule has 1 saturated heterocycles. The summed E-state index contributed by atoms with van der Waals surface area (Å²) in [5.74, 6) is -0.0296. The maximum absolute atomic E-state index is 12.3. The Labute approximate surface area is 120 Å². The second kappa shape index (κ2) is 6.07. The minimum absolute atomic E-state index is 0.0330. The van der Waals surface area contributed by atoms with Crippen molar-refractivity contribution in [1.29, 1.82) is 0 Å².